The highest BCUT2D eigenvalue weighted by Crippen LogP contribution is 2.20. The quantitative estimate of drug-likeness (QED) is 0.674. The van der Waals surface area contributed by atoms with E-state index in [1.165, 1.54) is 24.2 Å². The van der Waals surface area contributed by atoms with Crippen molar-refractivity contribution in [2.24, 2.45) is 0 Å². The first-order valence-corrected chi connectivity index (χ1v) is 7.82. The molecule has 1 aliphatic rings. The molecule has 1 fully saturated rings. The van der Waals surface area contributed by atoms with Gasteiger partial charge in [-0.1, -0.05) is 32.6 Å². The number of rotatable bonds is 8. The molecule has 1 saturated heterocycles. The number of carbonyl (C=O) groups is 2. The van der Waals surface area contributed by atoms with E-state index < -0.39 is 12.0 Å². The summed E-state index contributed by atoms with van der Waals surface area (Å²) in [5.74, 6) is -0.972. The fraction of sp³-hybridized carbons (Fsp3) is 0.867. The third-order valence-electron chi connectivity index (χ3n) is 4.00. The van der Waals surface area contributed by atoms with Crippen molar-refractivity contribution in [3.63, 3.8) is 0 Å². The van der Waals surface area contributed by atoms with Crippen LogP contribution < -0.4 is 5.32 Å². The van der Waals surface area contributed by atoms with Gasteiger partial charge in [0.15, 0.2) is 0 Å². The lowest BCUT2D eigenvalue weighted by Gasteiger charge is -2.24. The molecule has 0 bridgehead atoms. The Kier molecular flexibility index (Phi) is 7.50. The molecule has 0 aromatic carbocycles. The topological polar surface area (TPSA) is 78.9 Å². The molecule has 1 rings (SSSR count). The zero-order valence-corrected chi connectivity index (χ0v) is 13.3. The predicted molar refractivity (Wildman–Crippen MR) is 80.3 cm³/mol. The van der Waals surface area contributed by atoms with E-state index in [-0.39, 0.29) is 18.2 Å². The largest absolute Gasteiger partial charge is 0.480 e. The number of nitrogens with zero attached hydrogens (tertiary/aromatic N) is 1. The lowest BCUT2D eigenvalue weighted by Crippen LogP contribution is -2.48. The summed E-state index contributed by atoms with van der Waals surface area (Å²) in [4.78, 5) is 24.8. The Balaban J connectivity index is 2.43. The summed E-state index contributed by atoms with van der Waals surface area (Å²) in [5, 5.41) is 12.1. The lowest BCUT2D eigenvalue weighted by molar-refractivity contribution is -0.141. The van der Waals surface area contributed by atoms with Gasteiger partial charge in [0.1, 0.15) is 6.04 Å². The number of carbonyl (C=O) groups excluding carboxylic acids is 1. The zero-order valence-electron chi connectivity index (χ0n) is 13.3. The molecule has 6 nitrogen and oxygen atoms in total. The molecular formula is C15H28N2O4. The molecule has 0 aromatic heterocycles. The third kappa shape index (κ3) is 5.53. The zero-order chi connectivity index (χ0) is 15.8. The number of methoxy groups -OCH3 is 1. The first-order chi connectivity index (χ1) is 9.99. The number of carboxylic acids is 1. The van der Waals surface area contributed by atoms with Gasteiger partial charge in [-0.15, -0.1) is 0 Å². The van der Waals surface area contributed by atoms with Crippen molar-refractivity contribution in [3.8, 4) is 0 Å². The van der Waals surface area contributed by atoms with Crippen molar-refractivity contribution in [1.82, 2.24) is 10.2 Å². The van der Waals surface area contributed by atoms with Crippen molar-refractivity contribution in [2.45, 2.75) is 70.6 Å². The second kappa shape index (κ2) is 8.87. The maximum Gasteiger partial charge on any atom is 0.326 e. The minimum Gasteiger partial charge on any atom is -0.480 e. The van der Waals surface area contributed by atoms with Crippen LogP contribution in [0.5, 0.6) is 0 Å². The number of aliphatic carboxylic acids is 1. The van der Waals surface area contributed by atoms with Crippen LogP contribution >= 0.6 is 0 Å². The SMILES string of the molecule is CCCCCCC(C)NC(=O)N1CC(OC)CC1C(=O)O. The number of carboxylic acid groups (broad SMARTS) is 1. The van der Waals surface area contributed by atoms with Gasteiger partial charge in [-0.3, -0.25) is 0 Å². The highest BCUT2D eigenvalue weighted by Gasteiger charge is 2.40. The Hall–Kier alpha value is -1.30. The van der Waals surface area contributed by atoms with Gasteiger partial charge in [0, 0.05) is 26.1 Å². The second-order valence-electron chi connectivity index (χ2n) is 5.80. The summed E-state index contributed by atoms with van der Waals surface area (Å²) in [6, 6.07) is -1.03. The molecule has 2 amide bonds. The van der Waals surface area contributed by atoms with Crippen molar-refractivity contribution in [1.29, 1.82) is 0 Å². The van der Waals surface area contributed by atoms with Crippen LogP contribution in [0.1, 0.15) is 52.4 Å². The monoisotopic (exact) mass is 300 g/mol. The van der Waals surface area contributed by atoms with E-state index in [4.69, 9.17) is 4.74 Å². The molecule has 1 heterocycles. The Labute approximate surface area is 126 Å². The standard InChI is InChI=1S/C15H28N2O4/c1-4-5-6-7-8-11(2)16-15(20)17-10-12(21-3)9-13(17)14(18)19/h11-13H,4-10H2,1-3H3,(H,16,20)(H,18,19). The highest BCUT2D eigenvalue weighted by molar-refractivity contribution is 5.83. The molecule has 2 N–H and O–H groups in total. The van der Waals surface area contributed by atoms with Gasteiger partial charge >= 0.3 is 12.0 Å². The summed E-state index contributed by atoms with van der Waals surface area (Å²) in [5.41, 5.74) is 0. The normalized spacial score (nSPS) is 23.1. The fourth-order valence-electron chi connectivity index (χ4n) is 2.67. The van der Waals surface area contributed by atoms with Gasteiger partial charge in [-0.25, -0.2) is 9.59 Å². The first-order valence-electron chi connectivity index (χ1n) is 7.82. The van der Waals surface area contributed by atoms with Crippen LogP contribution in [0.4, 0.5) is 4.79 Å². The number of urea groups is 1. The smallest absolute Gasteiger partial charge is 0.326 e. The van der Waals surface area contributed by atoms with E-state index in [2.05, 4.69) is 12.2 Å². The molecule has 0 saturated carbocycles. The number of likely N-dealkylation sites (tertiary alicyclic amines) is 1. The Morgan fingerprint density at radius 2 is 2.10 bits per heavy atom. The van der Waals surface area contributed by atoms with E-state index in [0.717, 1.165) is 12.8 Å². The van der Waals surface area contributed by atoms with E-state index in [1.54, 1.807) is 7.11 Å². The number of hydrogen-bond donors (Lipinski definition) is 2. The van der Waals surface area contributed by atoms with Gasteiger partial charge in [-0.05, 0) is 13.3 Å². The van der Waals surface area contributed by atoms with Crippen LogP contribution in [-0.4, -0.2) is 53.8 Å². The Bertz CT molecular complexity index is 349. The minimum atomic E-state index is -0.972. The Morgan fingerprint density at radius 3 is 2.67 bits per heavy atom. The summed E-state index contributed by atoms with van der Waals surface area (Å²) >= 11 is 0. The predicted octanol–water partition coefficient (Wildman–Crippen LogP) is 2.23. The molecule has 6 heteroatoms. The molecule has 0 aromatic rings. The van der Waals surface area contributed by atoms with E-state index in [9.17, 15) is 14.7 Å². The Morgan fingerprint density at radius 1 is 1.38 bits per heavy atom. The highest BCUT2D eigenvalue weighted by atomic mass is 16.5. The molecule has 21 heavy (non-hydrogen) atoms. The molecule has 122 valence electrons. The number of amides is 2. The number of ether oxygens (including phenoxy) is 1. The fourth-order valence-corrected chi connectivity index (χ4v) is 2.67. The molecular weight excluding hydrogens is 272 g/mol. The van der Waals surface area contributed by atoms with Gasteiger partial charge in [-0.2, -0.15) is 0 Å². The van der Waals surface area contributed by atoms with Crippen LogP contribution in [0.25, 0.3) is 0 Å². The van der Waals surface area contributed by atoms with Crippen molar-refractivity contribution in [2.75, 3.05) is 13.7 Å². The average Bonchev–Trinajstić information content (AvgIpc) is 2.88. The average molecular weight is 300 g/mol. The molecule has 0 spiro atoms. The summed E-state index contributed by atoms with van der Waals surface area (Å²) < 4.78 is 5.18. The van der Waals surface area contributed by atoms with Crippen LogP contribution in [0, 0.1) is 0 Å². The number of unbranched alkanes of at least 4 members (excludes halogenated alkanes) is 3. The second-order valence-corrected chi connectivity index (χ2v) is 5.80. The van der Waals surface area contributed by atoms with Crippen LogP contribution in [0.3, 0.4) is 0 Å². The molecule has 0 aliphatic carbocycles. The maximum atomic E-state index is 12.2. The van der Waals surface area contributed by atoms with Crippen molar-refractivity contribution < 1.29 is 19.4 Å². The summed E-state index contributed by atoms with van der Waals surface area (Å²) in [6.07, 6.45) is 5.73. The van der Waals surface area contributed by atoms with Gasteiger partial charge < -0.3 is 20.1 Å². The summed E-state index contributed by atoms with van der Waals surface area (Å²) in [6.45, 7) is 4.46. The van der Waals surface area contributed by atoms with Gasteiger partial charge in [0.05, 0.1) is 6.10 Å². The summed E-state index contributed by atoms with van der Waals surface area (Å²) in [7, 11) is 1.54. The van der Waals surface area contributed by atoms with Crippen molar-refractivity contribution >= 4 is 12.0 Å². The van der Waals surface area contributed by atoms with Crippen LogP contribution in [-0.2, 0) is 9.53 Å². The number of hydrogen-bond acceptors (Lipinski definition) is 3. The molecule has 3 unspecified atom stereocenters. The minimum absolute atomic E-state index is 0.0606. The lowest BCUT2D eigenvalue weighted by atomic mass is 10.1. The van der Waals surface area contributed by atoms with E-state index in [0.29, 0.717) is 13.0 Å². The third-order valence-corrected chi connectivity index (χ3v) is 4.00. The van der Waals surface area contributed by atoms with Crippen molar-refractivity contribution in [3.05, 3.63) is 0 Å². The molecule has 1 aliphatic heterocycles. The van der Waals surface area contributed by atoms with Gasteiger partial charge in [0.2, 0.25) is 0 Å². The van der Waals surface area contributed by atoms with Crippen LogP contribution in [0.15, 0.2) is 0 Å². The van der Waals surface area contributed by atoms with E-state index in [1.807, 2.05) is 6.92 Å². The maximum absolute atomic E-state index is 12.2. The molecule has 0 radical (unpaired) electrons. The van der Waals surface area contributed by atoms with E-state index >= 15 is 0 Å². The number of nitrogens with one attached hydrogen (secondary N) is 1. The molecule has 3 atom stereocenters. The van der Waals surface area contributed by atoms with Gasteiger partial charge in [0.25, 0.3) is 0 Å². The van der Waals surface area contributed by atoms with Crippen LogP contribution in [0.2, 0.25) is 0 Å². The first kappa shape index (κ1) is 17.8.